The standard InChI is InChI=1S/C16H17N3O5/c1-9-7-13(18-19(9)2)14(20)17-12-8-10(15(21)23-3)5-6-11(12)16(22)24-4/h5-8H,1-4H3,(H,17,20). The summed E-state index contributed by atoms with van der Waals surface area (Å²) in [4.78, 5) is 35.8. The summed E-state index contributed by atoms with van der Waals surface area (Å²) in [6, 6.07) is 5.76. The molecule has 1 amide bonds. The minimum Gasteiger partial charge on any atom is -0.465 e. The van der Waals surface area contributed by atoms with E-state index in [0.717, 1.165) is 5.69 Å². The number of anilines is 1. The highest BCUT2D eigenvalue weighted by Gasteiger charge is 2.19. The second-order valence-corrected chi connectivity index (χ2v) is 4.99. The van der Waals surface area contributed by atoms with E-state index >= 15 is 0 Å². The lowest BCUT2D eigenvalue weighted by Crippen LogP contribution is -2.17. The fourth-order valence-electron chi connectivity index (χ4n) is 2.04. The number of rotatable bonds is 4. The Bertz CT molecular complexity index is 791. The molecule has 24 heavy (non-hydrogen) atoms. The number of hydrogen-bond donors (Lipinski definition) is 1. The summed E-state index contributed by atoms with van der Waals surface area (Å²) in [6.45, 7) is 1.81. The van der Waals surface area contributed by atoms with Gasteiger partial charge in [-0.2, -0.15) is 5.10 Å². The minimum absolute atomic E-state index is 0.117. The maximum absolute atomic E-state index is 12.3. The van der Waals surface area contributed by atoms with Crippen LogP contribution in [0, 0.1) is 6.92 Å². The molecule has 1 aromatic carbocycles. The Labute approximate surface area is 138 Å². The van der Waals surface area contributed by atoms with Gasteiger partial charge in [0.25, 0.3) is 5.91 Å². The number of hydrogen-bond acceptors (Lipinski definition) is 6. The van der Waals surface area contributed by atoms with E-state index in [9.17, 15) is 14.4 Å². The third-order valence-corrected chi connectivity index (χ3v) is 3.44. The number of nitrogens with zero attached hydrogens (tertiary/aromatic N) is 2. The van der Waals surface area contributed by atoms with E-state index in [0.29, 0.717) is 0 Å². The van der Waals surface area contributed by atoms with Crippen molar-refractivity contribution in [3.8, 4) is 0 Å². The van der Waals surface area contributed by atoms with Crippen LogP contribution in [0.25, 0.3) is 0 Å². The van der Waals surface area contributed by atoms with Gasteiger partial charge in [-0.3, -0.25) is 9.48 Å². The number of esters is 2. The summed E-state index contributed by atoms with van der Waals surface area (Å²) in [6.07, 6.45) is 0. The first kappa shape index (κ1) is 17.2. The number of amides is 1. The highest BCUT2D eigenvalue weighted by molar-refractivity contribution is 6.08. The maximum atomic E-state index is 12.3. The molecular weight excluding hydrogens is 314 g/mol. The van der Waals surface area contributed by atoms with Crippen LogP contribution in [0.3, 0.4) is 0 Å². The van der Waals surface area contributed by atoms with Gasteiger partial charge in [0.2, 0.25) is 0 Å². The van der Waals surface area contributed by atoms with Gasteiger partial charge in [-0.05, 0) is 31.2 Å². The van der Waals surface area contributed by atoms with Crippen LogP contribution in [0.5, 0.6) is 0 Å². The van der Waals surface area contributed by atoms with Crippen LogP contribution >= 0.6 is 0 Å². The van der Waals surface area contributed by atoms with Crippen molar-refractivity contribution in [1.29, 1.82) is 0 Å². The quantitative estimate of drug-likeness (QED) is 0.853. The molecular formula is C16H17N3O5. The minimum atomic E-state index is -0.640. The number of ether oxygens (including phenoxy) is 2. The molecule has 0 radical (unpaired) electrons. The highest BCUT2D eigenvalue weighted by atomic mass is 16.5. The van der Waals surface area contributed by atoms with Crippen LogP contribution in [-0.4, -0.2) is 41.8 Å². The van der Waals surface area contributed by atoms with Gasteiger partial charge in [0, 0.05) is 12.7 Å². The van der Waals surface area contributed by atoms with E-state index in [2.05, 4.69) is 19.9 Å². The summed E-state index contributed by atoms with van der Waals surface area (Å²) in [7, 11) is 4.18. The summed E-state index contributed by atoms with van der Waals surface area (Å²) in [5.74, 6) is -1.74. The Hall–Kier alpha value is -3.16. The van der Waals surface area contributed by atoms with Gasteiger partial charge in [0.15, 0.2) is 5.69 Å². The summed E-state index contributed by atoms with van der Waals surface area (Å²) in [5.41, 5.74) is 1.44. The van der Waals surface area contributed by atoms with Gasteiger partial charge in [-0.15, -0.1) is 0 Å². The van der Waals surface area contributed by atoms with Crippen molar-refractivity contribution >= 4 is 23.5 Å². The molecule has 0 bridgehead atoms. The predicted molar refractivity (Wildman–Crippen MR) is 85.0 cm³/mol. The van der Waals surface area contributed by atoms with Crippen LogP contribution in [0.2, 0.25) is 0 Å². The molecule has 0 spiro atoms. The van der Waals surface area contributed by atoms with Gasteiger partial charge in [0.1, 0.15) is 0 Å². The lowest BCUT2D eigenvalue weighted by atomic mass is 10.1. The molecule has 1 N–H and O–H groups in total. The Morgan fingerprint density at radius 3 is 2.29 bits per heavy atom. The molecule has 8 heteroatoms. The lowest BCUT2D eigenvalue weighted by molar-refractivity contribution is 0.0587. The van der Waals surface area contributed by atoms with Crippen LogP contribution < -0.4 is 5.32 Å². The van der Waals surface area contributed by atoms with Crippen LogP contribution in [0.1, 0.15) is 36.9 Å². The average molecular weight is 331 g/mol. The number of methoxy groups -OCH3 is 2. The van der Waals surface area contributed by atoms with Gasteiger partial charge in [0.05, 0.1) is 31.0 Å². The SMILES string of the molecule is COC(=O)c1ccc(C(=O)OC)c(NC(=O)c2cc(C)n(C)n2)c1. The molecule has 126 valence electrons. The molecule has 0 fully saturated rings. The monoisotopic (exact) mass is 331 g/mol. The van der Waals surface area contributed by atoms with Crippen LogP contribution in [0.4, 0.5) is 5.69 Å². The average Bonchev–Trinajstić information content (AvgIpc) is 2.92. The Kier molecular flexibility index (Phi) is 4.98. The third kappa shape index (κ3) is 3.43. The summed E-state index contributed by atoms with van der Waals surface area (Å²) < 4.78 is 10.9. The smallest absolute Gasteiger partial charge is 0.339 e. The van der Waals surface area contributed by atoms with E-state index in [1.165, 1.54) is 32.4 Å². The number of carbonyl (C=O) groups excluding carboxylic acids is 3. The van der Waals surface area contributed by atoms with Gasteiger partial charge in [-0.1, -0.05) is 0 Å². The molecule has 0 unspecified atom stereocenters. The van der Waals surface area contributed by atoms with Crippen molar-refractivity contribution in [2.75, 3.05) is 19.5 Å². The largest absolute Gasteiger partial charge is 0.465 e. The Morgan fingerprint density at radius 1 is 1.08 bits per heavy atom. The first-order chi connectivity index (χ1) is 11.4. The molecule has 0 saturated heterocycles. The number of nitrogens with one attached hydrogen (secondary N) is 1. The van der Waals surface area contributed by atoms with E-state index in [1.807, 2.05) is 6.92 Å². The second-order valence-electron chi connectivity index (χ2n) is 4.99. The first-order valence-corrected chi connectivity index (χ1v) is 7.00. The zero-order chi connectivity index (χ0) is 17.9. The van der Waals surface area contributed by atoms with E-state index in [4.69, 9.17) is 0 Å². The number of benzene rings is 1. The molecule has 0 aliphatic rings. The molecule has 1 heterocycles. The zero-order valence-corrected chi connectivity index (χ0v) is 13.7. The van der Waals surface area contributed by atoms with Gasteiger partial charge in [-0.25, -0.2) is 9.59 Å². The van der Waals surface area contributed by atoms with Crippen molar-refractivity contribution in [2.45, 2.75) is 6.92 Å². The van der Waals surface area contributed by atoms with Crippen molar-refractivity contribution in [1.82, 2.24) is 9.78 Å². The topological polar surface area (TPSA) is 99.5 Å². The zero-order valence-electron chi connectivity index (χ0n) is 13.7. The van der Waals surface area contributed by atoms with Crippen molar-refractivity contribution in [3.05, 3.63) is 46.8 Å². The number of aryl methyl sites for hydroxylation is 2. The van der Waals surface area contributed by atoms with Gasteiger partial charge >= 0.3 is 11.9 Å². The molecule has 0 aliphatic heterocycles. The fourth-order valence-corrected chi connectivity index (χ4v) is 2.04. The molecule has 0 atom stereocenters. The molecule has 0 aliphatic carbocycles. The van der Waals surface area contributed by atoms with Crippen LogP contribution in [-0.2, 0) is 16.5 Å². The Balaban J connectivity index is 2.39. The van der Waals surface area contributed by atoms with Gasteiger partial charge < -0.3 is 14.8 Å². The van der Waals surface area contributed by atoms with E-state index in [-0.39, 0.29) is 22.5 Å². The number of carbonyl (C=O) groups is 3. The Morgan fingerprint density at radius 2 is 1.75 bits per heavy atom. The molecule has 2 rings (SSSR count). The fraction of sp³-hybridized carbons (Fsp3) is 0.250. The molecule has 1 aromatic heterocycles. The molecule has 0 saturated carbocycles. The van der Waals surface area contributed by atoms with Crippen molar-refractivity contribution in [3.63, 3.8) is 0 Å². The lowest BCUT2D eigenvalue weighted by Gasteiger charge is -2.10. The molecule has 8 nitrogen and oxygen atoms in total. The van der Waals surface area contributed by atoms with Crippen LogP contribution in [0.15, 0.2) is 24.3 Å². The van der Waals surface area contributed by atoms with Crippen molar-refractivity contribution in [2.24, 2.45) is 7.05 Å². The maximum Gasteiger partial charge on any atom is 0.339 e. The predicted octanol–water partition coefficient (Wildman–Crippen LogP) is 1.55. The summed E-state index contributed by atoms with van der Waals surface area (Å²) >= 11 is 0. The summed E-state index contributed by atoms with van der Waals surface area (Å²) in [5, 5.41) is 6.65. The normalized spacial score (nSPS) is 10.2. The van der Waals surface area contributed by atoms with E-state index < -0.39 is 17.8 Å². The first-order valence-electron chi connectivity index (χ1n) is 7.00. The molecule has 2 aromatic rings. The van der Waals surface area contributed by atoms with Crippen molar-refractivity contribution < 1.29 is 23.9 Å². The second kappa shape index (κ2) is 6.95. The number of aromatic nitrogens is 2. The van der Waals surface area contributed by atoms with E-state index in [1.54, 1.807) is 17.8 Å². The highest BCUT2D eigenvalue weighted by Crippen LogP contribution is 2.20. The third-order valence-electron chi connectivity index (χ3n) is 3.44.